The van der Waals surface area contributed by atoms with E-state index < -0.39 is 0 Å². The number of hydrogen-bond acceptors (Lipinski definition) is 2. The Morgan fingerprint density at radius 1 is 0.250 bits per heavy atom. The maximum atomic E-state index is 3.38. The minimum absolute atomic E-state index is 0. The molecular formula is C58H128N2Zr4-2. The third kappa shape index (κ3) is 131. The van der Waals surface area contributed by atoms with Crippen molar-refractivity contribution in [3.8, 4) is 0 Å². The quantitative estimate of drug-likeness (QED) is 0.176. The van der Waals surface area contributed by atoms with Crippen LogP contribution in [0.1, 0.15) is 218 Å². The van der Waals surface area contributed by atoms with Gasteiger partial charge in [-0.3, -0.25) is 0 Å². The van der Waals surface area contributed by atoms with Gasteiger partial charge in [-0.1, -0.05) is 193 Å². The topological polar surface area (TPSA) is 6.48 Å². The third-order valence-electron chi connectivity index (χ3n) is 9.66. The van der Waals surface area contributed by atoms with Crippen molar-refractivity contribution >= 4 is 0 Å². The fourth-order valence-corrected chi connectivity index (χ4v) is 6.25. The van der Waals surface area contributed by atoms with Gasteiger partial charge in [0.2, 0.25) is 0 Å². The molecule has 0 atom stereocenters. The third-order valence-corrected chi connectivity index (χ3v) is 9.66. The molecule has 8 aliphatic rings. The number of hydrogen-bond donors (Lipinski definition) is 0. The Balaban J connectivity index is -0.0000000223. The smallest absolute Gasteiger partial charge is 0.372 e. The largest absolute Gasteiger partial charge is 4.00 e. The van der Waals surface area contributed by atoms with Crippen LogP contribution in [0.4, 0.5) is 0 Å². The van der Waals surface area contributed by atoms with Gasteiger partial charge in [-0.25, -0.2) is 0 Å². The fourth-order valence-electron chi connectivity index (χ4n) is 6.25. The van der Waals surface area contributed by atoms with Crippen LogP contribution >= 0.6 is 0 Å². The van der Waals surface area contributed by atoms with E-state index in [2.05, 4.69) is 77.9 Å². The maximum absolute atomic E-state index is 3.38. The second-order valence-electron chi connectivity index (χ2n) is 14.6. The standard InChI is InChI=1S/6C5H10.2C4H9N.2C3H6.2C2H4.10CH3.4Zr/c6*1-2-4-5-3-1;2*1-5-3-2-4-5;2*1-3-2;2*1-2;;;;;;;;;;;;;;/h6*1-5H2;2*2-4H2,1H3;2*1-3H2;2*1-2H2;10*1H3;;;;/q;;;;;;;;2*-2;;;10*-1;;3*+4. The maximum Gasteiger partial charge on any atom is 4.00 e. The number of likely N-dealkylation sites (tertiary alicyclic amines) is 2. The SMILES string of the molecule is C1CCCC1.C1CCCC1.C1CCCC1.C1CCCC1.C1CCCC1.C1CCCC1.C=C.C=C.CN1CCC1.CN1CCC1.[CH2-]C[CH2-].[CH2-]C[CH2-].[CH3-].[CH3-].[CH3-].[CH3-].[CH3-].[CH3-].[CH3-].[CH3-].[CH3-].[CH3-].[Zr+4].[Zr+4].[Zr+4].[Zr]. The monoisotopic (exact) mass is 1210 g/mol. The molecule has 2 saturated heterocycles. The second-order valence-corrected chi connectivity index (χ2v) is 14.6. The van der Waals surface area contributed by atoms with E-state index in [1.165, 1.54) is 232 Å². The van der Waals surface area contributed by atoms with Gasteiger partial charge >= 0.3 is 78.6 Å². The summed E-state index contributed by atoms with van der Waals surface area (Å²) in [4.78, 5) is 4.61. The van der Waals surface area contributed by atoms with Gasteiger partial charge < -0.3 is 125 Å². The first-order valence-corrected chi connectivity index (χ1v) is 22.2. The normalized spacial score (nSPS) is 16.0. The Hall–Kier alpha value is 2.93. The Bertz CT molecular complexity index is 371. The predicted molar refractivity (Wildman–Crippen MR) is 300 cm³/mol. The molecule has 6 saturated carbocycles. The van der Waals surface area contributed by atoms with Crippen LogP contribution in [0.25, 0.3) is 0 Å². The van der Waals surface area contributed by atoms with Crippen LogP contribution in [0, 0.1) is 102 Å². The van der Waals surface area contributed by atoms with Gasteiger partial charge in [-0.05, 0) is 53.1 Å². The summed E-state index contributed by atoms with van der Waals surface area (Å²) < 4.78 is 0. The Kier molecular flexibility index (Phi) is 240. The first-order valence-electron chi connectivity index (χ1n) is 22.2. The first-order chi connectivity index (χ1) is 24.6. The van der Waals surface area contributed by atoms with Crippen molar-refractivity contribution in [2.45, 2.75) is 218 Å². The summed E-state index contributed by atoms with van der Waals surface area (Å²) in [5.74, 6) is 0. The van der Waals surface area contributed by atoms with Gasteiger partial charge in [0.05, 0.1) is 0 Å². The van der Waals surface area contributed by atoms with Crippen molar-refractivity contribution in [1.82, 2.24) is 9.80 Å². The molecule has 8 rings (SSSR count). The molecule has 0 N–H and O–H groups in total. The Labute approximate surface area is 496 Å². The summed E-state index contributed by atoms with van der Waals surface area (Å²) in [5.41, 5.74) is 0. The van der Waals surface area contributed by atoms with Crippen LogP contribution in [0.5, 0.6) is 0 Å². The molecule has 8 fully saturated rings. The van der Waals surface area contributed by atoms with Gasteiger partial charge in [0, 0.05) is 26.2 Å². The van der Waals surface area contributed by atoms with Crippen LogP contribution in [-0.4, -0.2) is 50.1 Å². The van der Waals surface area contributed by atoms with Gasteiger partial charge in [-0.15, -0.1) is 26.3 Å². The molecule has 0 radical (unpaired) electrons. The molecule has 2 heterocycles. The van der Waals surface area contributed by atoms with Crippen LogP contribution in [0.2, 0.25) is 0 Å². The molecule has 0 unspecified atom stereocenters. The molecule has 2 nitrogen and oxygen atoms in total. The summed E-state index contributed by atoms with van der Waals surface area (Å²) in [7, 11) is 4.28. The summed E-state index contributed by atoms with van der Waals surface area (Å²) in [6.07, 6.45) is 49.3. The van der Waals surface area contributed by atoms with E-state index in [-0.39, 0.29) is 179 Å². The van der Waals surface area contributed by atoms with Gasteiger partial charge in [0.1, 0.15) is 0 Å². The van der Waals surface area contributed by atoms with E-state index in [9.17, 15) is 0 Å². The van der Waals surface area contributed by atoms with E-state index in [1.807, 2.05) is 0 Å². The molecule has 0 aromatic carbocycles. The number of nitrogens with zero attached hydrogens (tertiary/aromatic N) is 2. The average molecular weight is 1220 g/mol. The zero-order valence-corrected chi connectivity index (χ0v) is 57.3. The van der Waals surface area contributed by atoms with Crippen LogP contribution in [0.3, 0.4) is 0 Å². The molecule has 6 heteroatoms. The van der Waals surface area contributed by atoms with Crippen LogP contribution in [0.15, 0.2) is 26.3 Å². The molecule has 6 aliphatic carbocycles. The minimum Gasteiger partial charge on any atom is -0.372 e. The summed E-state index contributed by atoms with van der Waals surface area (Å²) in [5, 5.41) is 0. The fraction of sp³-hybridized carbons (Fsp3) is 0.690. The molecule has 0 amide bonds. The molecule has 0 bridgehead atoms. The van der Waals surface area contributed by atoms with Gasteiger partial charge in [-0.2, -0.15) is 0 Å². The molecule has 0 aromatic rings. The Morgan fingerprint density at radius 2 is 0.297 bits per heavy atom. The first kappa shape index (κ1) is 122. The van der Waals surface area contributed by atoms with Crippen LogP contribution < -0.4 is 0 Å². The summed E-state index contributed by atoms with van der Waals surface area (Å²) >= 11 is 0. The molecule has 388 valence electrons. The van der Waals surface area contributed by atoms with E-state index >= 15 is 0 Å². The van der Waals surface area contributed by atoms with E-state index in [0.717, 1.165) is 12.8 Å². The molecule has 0 spiro atoms. The van der Waals surface area contributed by atoms with E-state index in [1.54, 1.807) is 0 Å². The predicted octanol–water partition coefficient (Wildman–Crippen LogP) is 20.5. The van der Waals surface area contributed by atoms with Crippen LogP contribution in [-0.2, 0) is 105 Å². The van der Waals surface area contributed by atoms with Crippen molar-refractivity contribution < 1.29 is 105 Å². The number of rotatable bonds is 0. The van der Waals surface area contributed by atoms with Crippen molar-refractivity contribution in [2.24, 2.45) is 0 Å². The second kappa shape index (κ2) is 126. The van der Waals surface area contributed by atoms with Crippen molar-refractivity contribution in [3.63, 3.8) is 0 Å². The molecule has 0 aromatic heterocycles. The van der Waals surface area contributed by atoms with Crippen molar-refractivity contribution in [3.05, 3.63) is 128 Å². The summed E-state index contributed by atoms with van der Waals surface area (Å²) in [6, 6.07) is 0. The zero-order chi connectivity index (χ0) is 38.0. The summed E-state index contributed by atoms with van der Waals surface area (Å²) in [6.45, 7) is 30.8. The zero-order valence-electron chi connectivity index (χ0n) is 47.4. The molecule has 64 heavy (non-hydrogen) atoms. The van der Waals surface area contributed by atoms with Gasteiger partial charge in [0.25, 0.3) is 0 Å². The Morgan fingerprint density at radius 3 is 0.312 bits per heavy atom. The molecular weight excluding hydrogens is 1090 g/mol. The minimum atomic E-state index is 0. The van der Waals surface area contributed by atoms with Crippen molar-refractivity contribution in [1.29, 1.82) is 0 Å². The van der Waals surface area contributed by atoms with E-state index in [4.69, 9.17) is 0 Å². The van der Waals surface area contributed by atoms with E-state index in [0.29, 0.717) is 0 Å². The average Bonchev–Trinajstić information content (AvgIpc) is 3.99. The van der Waals surface area contributed by atoms with Crippen molar-refractivity contribution in [2.75, 3.05) is 40.3 Å². The van der Waals surface area contributed by atoms with Gasteiger partial charge in [0.15, 0.2) is 0 Å². The molecule has 2 aliphatic heterocycles.